The molecule has 1 atom stereocenters. The van der Waals surface area contributed by atoms with Crippen LogP contribution in [-0.2, 0) is 28.6 Å². The molecule has 6 nitrogen and oxygen atoms in total. The molecule has 0 aromatic rings. The Morgan fingerprint density at radius 1 is 0.273 bits per heavy atom. The van der Waals surface area contributed by atoms with Crippen molar-refractivity contribution < 1.29 is 28.6 Å². The Morgan fingerprint density at radius 3 is 0.818 bits per heavy atom. The van der Waals surface area contributed by atoms with Crippen molar-refractivity contribution in [1.29, 1.82) is 0 Å². The van der Waals surface area contributed by atoms with E-state index in [4.69, 9.17) is 14.2 Å². The van der Waals surface area contributed by atoms with Crippen LogP contribution >= 0.6 is 0 Å². The number of hydrogen-bond acceptors (Lipinski definition) is 6. The summed E-state index contributed by atoms with van der Waals surface area (Å²) in [5.41, 5.74) is 0. The summed E-state index contributed by atoms with van der Waals surface area (Å²) in [5.74, 6) is -0.884. The molecule has 0 bridgehead atoms. The maximum atomic E-state index is 12.9. The average Bonchev–Trinajstić information content (AvgIpc) is 3.43. The van der Waals surface area contributed by atoms with Gasteiger partial charge in [0.2, 0.25) is 0 Å². The van der Waals surface area contributed by atoms with Gasteiger partial charge in [-0.1, -0.05) is 306 Å². The first kappa shape index (κ1) is 73.8. The van der Waals surface area contributed by atoms with Gasteiger partial charge in [-0.3, -0.25) is 14.4 Å². The Bertz CT molecular complexity index is 1420. The zero-order chi connectivity index (χ0) is 55.7. The summed E-state index contributed by atoms with van der Waals surface area (Å²) >= 11 is 0. The summed E-state index contributed by atoms with van der Waals surface area (Å²) in [5, 5.41) is 0. The summed E-state index contributed by atoms with van der Waals surface area (Å²) < 4.78 is 17.0. The Hall–Kier alpha value is -3.15. The van der Waals surface area contributed by atoms with E-state index in [9.17, 15) is 14.4 Å². The topological polar surface area (TPSA) is 78.9 Å². The van der Waals surface area contributed by atoms with Gasteiger partial charge < -0.3 is 14.2 Å². The fourth-order valence-corrected chi connectivity index (χ4v) is 9.70. The highest BCUT2D eigenvalue weighted by atomic mass is 16.6. The predicted molar refractivity (Wildman–Crippen MR) is 335 cm³/mol. The molecule has 0 aliphatic carbocycles. The zero-order valence-electron chi connectivity index (χ0n) is 51.2. The fraction of sp³-hybridized carbons (Fsp3) is 0.789. The molecule has 6 heteroatoms. The van der Waals surface area contributed by atoms with Gasteiger partial charge in [-0.25, -0.2) is 0 Å². The van der Waals surface area contributed by atoms with E-state index in [1.54, 1.807) is 0 Å². The lowest BCUT2D eigenvalue weighted by molar-refractivity contribution is -0.167. The number of hydrogen-bond donors (Lipinski definition) is 0. The highest BCUT2D eigenvalue weighted by Crippen LogP contribution is 2.17. The molecular formula is C71H126O6. The first-order chi connectivity index (χ1) is 38.0. The van der Waals surface area contributed by atoms with E-state index < -0.39 is 6.10 Å². The first-order valence-electron chi connectivity index (χ1n) is 33.4. The molecule has 0 rings (SSSR count). The Morgan fingerprint density at radius 2 is 0.506 bits per heavy atom. The smallest absolute Gasteiger partial charge is 0.306 e. The van der Waals surface area contributed by atoms with Crippen molar-refractivity contribution in [1.82, 2.24) is 0 Å². The van der Waals surface area contributed by atoms with Crippen LogP contribution < -0.4 is 0 Å². The molecule has 0 N–H and O–H groups in total. The van der Waals surface area contributed by atoms with Crippen molar-refractivity contribution in [3.63, 3.8) is 0 Å². The minimum Gasteiger partial charge on any atom is -0.462 e. The highest BCUT2D eigenvalue weighted by Gasteiger charge is 2.19. The van der Waals surface area contributed by atoms with Crippen LogP contribution in [0.5, 0.6) is 0 Å². The van der Waals surface area contributed by atoms with Crippen LogP contribution in [0.3, 0.4) is 0 Å². The number of esters is 3. The number of allylic oxidation sites excluding steroid dienone is 12. The number of carbonyl (C=O) groups is 3. The first-order valence-corrected chi connectivity index (χ1v) is 33.4. The van der Waals surface area contributed by atoms with Gasteiger partial charge in [0.25, 0.3) is 0 Å². The van der Waals surface area contributed by atoms with Crippen LogP contribution in [0.25, 0.3) is 0 Å². The van der Waals surface area contributed by atoms with Gasteiger partial charge in [0, 0.05) is 19.3 Å². The van der Waals surface area contributed by atoms with Gasteiger partial charge in [-0.2, -0.15) is 0 Å². The highest BCUT2D eigenvalue weighted by molar-refractivity contribution is 5.71. The molecule has 0 saturated carbocycles. The largest absolute Gasteiger partial charge is 0.462 e. The summed E-state index contributed by atoms with van der Waals surface area (Å²) in [6, 6.07) is 0. The van der Waals surface area contributed by atoms with E-state index in [0.717, 1.165) is 109 Å². The molecule has 446 valence electrons. The maximum Gasteiger partial charge on any atom is 0.306 e. The van der Waals surface area contributed by atoms with E-state index in [0.29, 0.717) is 19.3 Å². The average molecular weight is 1080 g/mol. The minimum absolute atomic E-state index is 0.0802. The number of unbranched alkanes of at least 4 members (excludes halogenated alkanes) is 38. The van der Waals surface area contributed by atoms with E-state index in [2.05, 4.69) is 93.7 Å². The summed E-state index contributed by atoms with van der Waals surface area (Å²) in [6.45, 7) is 6.53. The predicted octanol–water partition coefficient (Wildman–Crippen LogP) is 22.9. The number of carbonyl (C=O) groups excluding carboxylic acids is 3. The van der Waals surface area contributed by atoms with Gasteiger partial charge in [-0.15, -0.1) is 0 Å². The molecule has 0 aliphatic heterocycles. The van der Waals surface area contributed by atoms with Crippen molar-refractivity contribution in [3.8, 4) is 0 Å². The van der Waals surface area contributed by atoms with Crippen molar-refractivity contribution >= 4 is 17.9 Å². The minimum atomic E-state index is -0.786. The molecule has 0 fully saturated rings. The second-order valence-electron chi connectivity index (χ2n) is 22.4. The van der Waals surface area contributed by atoms with Gasteiger partial charge in [0.05, 0.1) is 0 Å². The molecule has 0 spiro atoms. The molecule has 0 heterocycles. The van der Waals surface area contributed by atoms with E-state index in [1.165, 1.54) is 193 Å². The lowest BCUT2D eigenvalue weighted by Gasteiger charge is -2.18. The number of ether oxygens (including phenoxy) is 3. The Kier molecular flexibility index (Phi) is 62.7. The number of rotatable bonds is 61. The molecule has 0 radical (unpaired) electrons. The third-order valence-electron chi connectivity index (χ3n) is 14.7. The van der Waals surface area contributed by atoms with Crippen molar-refractivity contribution in [3.05, 3.63) is 72.9 Å². The third kappa shape index (κ3) is 63.6. The van der Waals surface area contributed by atoms with Crippen molar-refractivity contribution in [2.75, 3.05) is 13.2 Å². The molecule has 0 amide bonds. The second kappa shape index (κ2) is 65.4. The van der Waals surface area contributed by atoms with Crippen LogP contribution in [0.1, 0.15) is 342 Å². The maximum absolute atomic E-state index is 12.9. The molecule has 77 heavy (non-hydrogen) atoms. The second-order valence-corrected chi connectivity index (χ2v) is 22.4. The zero-order valence-corrected chi connectivity index (χ0v) is 51.2. The molecule has 0 saturated heterocycles. The Labute approximate surface area is 478 Å². The van der Waals surface area contributed by atoms with Crippen molar-refractivity contribution in [2.45, 2.75) is 348 Å². The van der Waals surface area contributed by atoms with Gasteiger partial charge >= 0.3 is 17.9 Å². The quantitative estimate of drug-likeness (QED) is 0.0261. The summed E-state index contributed by atoms with van der Waals surface area (Å²) in [4.78, 5) is 38.4. The van der Waals surface area contributed by atoms with Crippen LogP contribution in [-0.4, -0.2) is 37.2 Å². The van der Waals surface area contributed by atoms with Gasteiger partial charge in [0.15, 0.2) is 6.10 Å². The molecule has 1 unspecified atom stereocenters. The standard InChI is InChI=1S/C71H126O6/c1-4-7-10-13-16-19-22-25-28-30-32-34-35-37-38-40-43-46-49-52-55-58-61-64-70(73)76-67-68(66-75-69(72)63-60-57-54-51-48-45-42-27-24-21-18-15-12-9-6-3)77-71(74)65-62-59-56-53-50-47-44-41-39-36-33-31-29-26-23-20-17-14-11-8-5-2/h8,11,17-18,20-21,26-27,29,33,36,42,68H,4-7,9-10,12-16,19,22-25,28,30-32,34-35,37-41,43-67H2,1-3H3/b11-8-,20-17-,21-18-,29-26-,36-33-,42-27-. The summed E-state index contributed by atoms with van der Waals surface area (Å²) in [7, 11) is 0. The lowest BCUT2D eigenvalue weighted by atomic mass is 10.0. The lowest BCUT2D eigenvalue weighted by Crippen LogP contribution is -2.30. The SMILES string of the molecule is CC/C=C\C/C=C\C/C=C\C/C=C\CCCCCCCCCCC(=O)OC(COC(=O)CCCCCCC/C=C\C/C=C\CCCCC)COC(=O)CCCCCCCCCCCCCCCCCCCCCCCCC. The van der Waals surface area contributed by atoms with Crippen LogP contribution in [0.15, 0.2) is 72.9 Å². The molecule has 0 aromatic heterocycles. The van der Waals surface area contributed by atoms with Crippen LogP contribution in [0.4, 0.5) is 0 Å². The van der Waals surface area contributed by atoms with E-state index in [1.807, 2.05) is 0 Å². The fourth-order valence-electron chi connectivity index (χ4n) is 9.70. The van der Waals surface area contributed by atoms with Gasteiger partial charge in [0.1, 0.15) is 13.2 Å². The van der Waals surface area contributed by atoms with E-state index in [-0.39, 0.29) is 31.1 Å². The van der Waals surface area contributed by atoms with Crippen molar-refractivity contribution in [2.24, 2.45) is 0 Å². The monoisotopic (exact) mass is 1070 g/mol. The Balaban J connectivity index is 4.33. The summed E-state index contributed by atoms with van der Waals surface area (Å²) in [6.07, 6.45) is 84.8. The molecular weight excluding hydrogens is 949 g/mol. The normalized spacial score (nSPS) is 12.5. The van der Waals surface area contributed by atoms with Crippen LogP contribution in [0.2, 0.25) is 0 Å². The van der Waals surface area contributed by atoms with Gasteiger partial charge in [-0.05, 0) is 89.9 Å². The third-order valence-corrected chi connectivity index (χ3v) is 14.7. The molecule has 0 aliphatic rings. The van der Waals surface area contributed by atoms with Crippen LogP contribution in [0, 0.1) is 0 Å². The molecule has 0 aromatic carbocycles. The van der Waals surface area contributed by atoms with E-state index >= 15 is 0 Å².